The third kappa shape index (κ3) is 3.10. The van der Waals surface area contributed by atoms with E-state index in [1.54, 1.807) is 0 Å². The first kappa shape index (κ1) is 11.7. The Bertz CT molecular complexity index is 347. The quantitative estimate of drug-likeness (QED) is 0.686. The largest absolute Gasteiger partial charge is 0.103 e. The molecule has 0 amide bonds. The van der Waals surface area contributed by atoms with Gasteiger partial charge in [-0.15, -0.1) is 6.58 Å². The lowest BCUT2D eigenvalue weighted by atomic mass is 10.1. The molecule has 2 heteroatoms. The molecule has 0 bridgehead atoms. The highest BCUT2D eigenvalue weighted by Crippen LogP contribution is 2.30. The minimum atomic E-state index is 0.842. The molecule has 0 aliphatic heterocycles. The Morgan fingerprint density at radius 3 is 2.36 bits per heavy atom. The van der Waals surface area contributed by atoms with Crippen molar-refractivity contribution in [1.82, 2.24) is 0 Å². The van der Waals surface area contributed by atoms with Gasteiger partial charge < -0.3 is 0 Å². The number of aryl methyl sites for hydroxylation is 1. The zero-order valence-corrected chi connectivity index (χ0v) is 11.2. The summed E-state index contributed by atoms with van der Waals surface area (Å²) in [5.74, 6) is 0. The SMILES string of the molecule is C=CC/C(Br)=C(/Br)c1ccc(C)cc1. The first-order valence-electron chi connectivity index (χ1n) is 4.37. The molecule has 1 aromatic rings. The van der Waals surface area contributed by atoms with Gasteiger partial charge in [0.05, 0.1) is 0 Å². The van der Waals surface area contributed by atoms with E-state index in [0.29, 0.717) is 0 Å². The van der Waals surface area contributed by atoms with E-state index in [2.05, 4.69) is 69.6 Å². The Morgan fingerprint density at radius 2 is 1.86 bits per heavy atom. The summed E-state index contributed by atoms with van der Waals surface area (Å²) >= 11 is 7.08. The Kier molecular flexibility index (Phi) is 4.63. The molecule has 74 valence electrons. The lowest BCUT2D eigenvalue weighted by Gasteiger charge is -2.03. The van der Waals surface area contributed by atoms with Crippen LogP contribution in [0.1, 0.15) is 17.5 Å². The fraction of sp³-hybridized carbons (Fsp3) is 0.167. The number of benzene rings is 1. The van der Waals surface area contributed by atoms with E-state index in [-0.39, 0.29) is 0 Å². The highest BCUT2D eigenvalue weighted by molar-refractivity contribution is 9.16. The zero-order chi connectivity index (χ0) is 10.6. The van der Waals surface area contributed by atoms with E-state index >= 15 is 0 Å². The van der Waals surface area contributed by atoms with Crippen molar-refractivity contribution in [2.75, 3.05) is 0 Å². The summed E-state index contributed by atoms with van der Waals surface area (Å²) in [6, 6.07) is 8.41. The van der Waals surface area contributed by atoms with Crippen LogP contribution >= 0.6 is 31.9 Å². The molecule has 0 aliphatic rings. The molecule has 0 atom stereocenters. The molecular formula is C12H12Br2. The van der Waals surface area contributed by atoms with Crippen LogP contribution in [0.5, 0.6) is 0 Å². The van der Waals surface area contributed by atoms with E-state index in [1.165, 1.54) is 11.1 Å². The smallest absolute Gasteiger partial charge is 0.0352 e. The number of rotatable bonds is 3. The van der Waals surface area contributed by atoms with Crippen LogP contribution in [0.25, 0.3) is 4.48 Å². The Labute approximate surface area is 102 Å². The van der Waals surface area contributed by atoms with Gasteiger partial charge in [-0.1, -0.05) is 51.8 Å². The first-order valence-corrected chi connectivity index (χ1v) is 5.96. The summed E-state index contributed by atoms with van der Waals surface area (Å²) in [5, 5.41) is 0. The molecule has 0 spiro atoms. The summed E-state index contributed by atoms with van der Waals surface area (Å²) in [7, 11) is 0. The maximum Gasteiger partial charge on any atom is 0.0352 e. The van der Waals surface area contributed by atoms with Crippen molar-refractivity contribution < 1.29 is 0 Å². The predicted molar refractivity (Wildman–Crippen MR) is 70.8 cm³/mol. The number of hydrogen-bond acceptors (Lipinski definition) is 0. The molecule has 0 radical (unpaired) electrons. The Morgan fingerprint density at radius 1 is 1.29 bits per heavy atom. The van der Waals surface area contributed by atoms with Gasteiger partial charge in [0.15, 0.2) is 0 Å². The summed E-state index contributed by atoms with van der Waals surface area (Å²) in [6.07, 6.45) is 2.72. The van der Waals surface area contributed by atoms with Crippen molar-refractivity contribution in [2.24, 2.45) is 0 Å². The maximum absolute atomic E-state index is 3.71. The molecule has 1 rings (SSSR count). The summed E-state index contributed by atoms with van der Waals surface area (Å²) in [4.78, 5) is 0. The van der Waals surface area contributed by atoms with Crippen molar-refractivity contribution in [3.05, 3.63) is 52.5 Å². The van der Waals surface area contributed by atoms with Crippen molar-refractivity contribution >= 4 is 36.3 Å². The highest BCUT2D eigenvalue weighted by atomic mass is 79.9. The van der Waals surface area contributed by atoms with Gasteiger partial charge in [0, 0.05) is 8.96 Å². The minimum absolute atomic E-state index is 0.842. The minimum Gasteiger partial charge on any atom is -0.103 e. The van der Waals surface area contributed by atoms with Crippen molar-refractivity contribution in [1.29, 1.82) is 0 Å². The van der Waals surface area contributed by atoms with Gasteiger partial charge >= 0.3 is 0 Å². The zero-order valence-electron chi connectivity index (χ0n) is 8.06. The van der Waals surface area contributed by atoms with Crippen LogP contribution in [0.2, 0.25) is 0 Å². The summed E-state index contributed by atoms with van der Waals surface area (Å²) < 4.78 is 2.22. The van der Waals surface area contributed by atoms with Gasteiger partial charge in [-0.05, 0) is 34.8 Å². The topological polar surface area (TPSA) is 0 Å². The molecule has 0 unspecified atom stereocenters. The van der Waals surface area contributed by atoms with E-state index in [1.807, 2.05) is 6.08 Å². The van der Waals surface area contributed by atoms with Crippen molar-refractivity contribution in [2.45, 2.75) is 13.3 Å². The molecule has 0 saturated heterocycles. The van der Waals surface area contributed by atoms with Crippen LogP contribution in [-0.4, -0.2) is 0 Å². The second-order valence-corrected chi connectivity index (χ2v) is 4.83. The molecule has 14 heavy (non-hydrogen) atoms. The molecule has 0 heterocycles. The van der Waals surface area contributed by atoms with Crippen molar-refractivity contribution in [3.63, 3.8) is 0 Å². The lowest BCUT2D eigenvalue weighted by Crippen LogP contribution is -1.80. The molecular weight excluding hydrogens is 304 g/mol. The Balaban J connectivity index is 2.99. The van der Waals surface area contributed by atoms with Gasteiger partial charge in [-0.25, -0.2) is 0 Å². The average Bonchev–Trinajstić information content (AvgIpc) is 2.18. The predicted octanol–water partition coefficient (Wildman–Crippen LogP) is 5.03. The lowest BCUT2D eigenvalue weighted by molar-refractivity contribution is 1.39. The van der Waals surface area contributed by atoms with Gasteiger partial charge in [-0.3, -0.25) is 0 Å². The second kappa shape index (κ2) is 5.52. The van der Waals surface area contributed by atoms with Crippen LogP contribution in [-0.2, 0) is 0 Å². The number of halogens is 2. The third-order valence-electron chi connectivity index (χ3n) is 1.87. The monoisotopic (exact) mass is 314 g/mol. The van der Waals surface area contributed by atoms with Crippen LogP contribution in [0.3, 0.4) is 0 Å². The summed E-state index contributed by atoms with van der Waals surface area (Å²) in [6.45, 7) is 5.79. The van der Waals surface area contributed by atoms with E-state index in [9.17, 15) is 0 Å². The number of hydrogen-bond donors (Lipinski definition) is 0. The van der Waals surface area contributed by atoms with Gasteiger partial charge in [0.2, 0.25) is 0 Å². The number of allylic oxidation sites excluding steroid dienone is 2. The summed E-state index contributed by atoms with van der Waals surface area (Å²) in [5.41, 5.74) is 2.46. The average molecular weight is 316 g/mol. The molecule has 0 fully saturated rings. The second-order valence-electron chi connectivity index (χ2n) is 3.08. The molecule has 0 nitrogen and oxygen atoms in total. The van der Waals surface area contributed by atoms with Crippen LogP contribution in [0, 0.1) is 6.92 Å². The molecule has 0 aliphatic carbocycles. The molecule has 0 aromatic heterocycles. The van der Waals surface area contributed by atoms with Crippen molar-refractivity contribution in [3.8, 4) is 0 Å². The standard InChI is InChI=1S/C12H12Br2/c1-3-4-11(13)12(14)10-7-5-9(2)6-8-10/h3,5-8H,1,4H2,2H3/b12-11-. The molecule has 0 saturated carbocycles. The maximum atomic E-state index is 3.71. The normalized spacial score (nSPS) is 12.2. The van der Waals surface area contributed by atoms with E-state index < -0.39 is 0 Å². The van der Waals surface area contributed by atoms with Gasteiger partial charge in [-0.2, -0.15) is 0 Å². The van der Waals surface area contributed by atoms with E-state index in [4.69, 9.17) is 0 Å². The Hall–Kier alpha value is -0.340. The van der Waals surface area contributed by atoms with Crippen LogP contribution < -0.4 is 0 Å². The first-order chi connectivity index (χ1) is 6.65. The molecule has 1 aromatic carbocycles. The third-order valence-corrected chi connectivity index (χ3v) is 4.06. The van der Waals surface area contributed by atoms with E-state index in [0.717, 1.165) is 15.4 Å². The fourth-order valence-electron chi connectivity index (χ4n) is 1.07. The van der Waals surface area contributed by atoms with Crippen LogP contribution in [0.15, 0.2) is 41.4 Å². The fourth-order valence-corrected chi connectivity index (χ4v) is 1.96. The van der Waals surface area contributed by atoms with Gasteiger partial charge in [0.25, 0.3) is 0 Å². The highest BCUT2D eigenvalue weighted by Gasteiger charge is 2.01. The van der Waals surface area contributed by atoms with Gasteiger partial charge in [0.1, 0.15) is 0 Å². The molecule has 0 N–H and O–H groups in total. The van der Waals surface area contributed by atoms with Crippen LogP contribution in [0.4, 0.5) is 0 Å².